The summed E-state index contributed by atoms with van der Waals surface area (Å²) in [6.07, 6.45) is 0. The van der Waals surface area contributed by atoms with E-state index in [1.807, 2.05) is 0 Å². The summed E-state index contributed by atoms with van der Waals surface area (Å²) in [6, 6.07) is 16.1. The van der Waals surface area contributed by atoms with Crippen LogP contribution in [0.1, 0.15) is 16.2 Å². The van der Waals surface area contributed by atoms with Crippen molar-refractivity contribution in [2.24, 2.45) is 0 Å². The van der Waals surface area contributed by atoms with Crippen LogP contribution < -0.4 is 20.1 Å². The molecule has 2 amide bonds. The number of amides is 2. The number of sulfonamides is 1. The molecule has 1 heterocycles. The molecule has 0 unspecified atom stereocenters. The predicted octanol–water partition coefficient (Wildman–Crippen LogP) is 3.33. The summed E-state index contributed by atoms with van der Waals surface area (Å²) < 4.78 is 51.5. The van der Waals surface area contributed by atoms with E-state index in [0.29, 0.717) is 33.9 Å². The van der Waals surface area contributed by atoms with Gasteiger partial charge in [0.15, 0.2) is 11.0 Å². The second-order valence-corrected chi connectivity index (χ2v) is 12.2. The Balaban J connectivity index is 1.56. The third-order valence-electron chi connectivity index (χ3n) is 6.09. The number of carbonyl (C=O) groups excluding carboxylic acids is 2. The quantitative estimate of drug-likeness (QED) is 0.226. The highest BCUT2D eigenvalue weighted by Crippen LogP contribution is 2.32. The molecule has 43 heavy (non-hydrogen) atoms. The lowest BCUT2D eigenvalue weighted by atomic mass is 10.2. The van der Waals surface area contributed by atoms with Gasteiger partial charge in [-0.05, 0) is 60.7 Å². The zero-order chi connectivity index (χ0) is 31.1. The molecule has 3 aromatic carbocycles. The Morgan fingerprint density at radius 1 is 0.977 bits per heavy atom. The topological polar surface area (TPSA) is 145 Å². The number of benzene rings is 3. The molecule has 0 atom stereocenters. The Hall–Kier alpha value is -4.47. The van der Waals surface area contributed by atoms with Crippen LogP contribution in [0.25, 0.3) is 5.69 Å². The zero-order valence-electron chi connectivity index (χ0n) is 23.7. The van der Waals surface area contributed by atoms with E-state index in [2.05, 4.69) is 20.8 Å². The number of methoxy groups -OCH3 is 2. The summed E-state index contributed by atoms with van der Waals surface area (Å²) in [5.41, 5.74) is 1.23. The van der Waals surface area contributed by atoms with E-state index < -0.39 is 21.7 Å². The summed E-state index contributed by atoms with van der Waals surface area (Å²) in [7, 11) is 2.23. The number of halogens is 1. The molecular formula is C28H29FN6O6S2. The minimum Gasteiger partial charge on any atom is -0.497 e. The lowest BCUT2D eigenvalue weighted by molar-refractivity contribution is -0.113. The number of thioether (sulfide) groups is 1. The van der Waals surface area contributed by atoms with Gasteiger partial charge >= 0.3 is 0 Å². The molecule has 4 aromatic rings. The number of rotatable bonds is 12. The van der Waals surface area contributed by atoms with Crippen LogP contribution in [0.4, 0.5) is 10.1 Å². The van der Waals surface area contributed by atoms with E-state index in [-0.39, 0.29) is 28.7 Å². The van der Waals surface area contributed by atoms with Gasteiger partial charge in [-0.25, -0.2) is 17.1 Å². The Bertz CT molecular complexity index is 1710. The van der Waals surface area contributed by atoms with Crippen molar-refractivity contribution in [1.82, 2.24) is 24.4 Å². The lowest BCUT2D eigenvalue weighted by Gasteiger charge is -2.15. The van der Waals surface area contributed by atoms with Crippen molar-refractivity contribution in [2.75, 3.05) is 39.4 Å². The molecule has 0 aliphatic rings. The fraction of sp³-hybridized carbons (Fsp3) is 0.214. The number of aromatic nitrogens is 3. The maximum absolute atomic E-state index is 13.2. The molecule has 4 rings (SSSR count). The van der Waals surface area contributed by atoms with Crippen LogP contribution in [0.2, 0.25) is 0 Å². The van der Waals surface area contributed by atoms with Gasteiger partial charge in [-0.15, -0.1) is 10.2 Å². The molecular weight excluding hydrogens is 599 g/mol. The molecule has 0 aliphatic heterocycles. The number of nitrogens with one attached hydrogen (secondary N) is 2. The van der Waals surface area contributed by atoms with Gasteiger partial charge in [0, 0.05) is 31.4 Å². The molecule has 15 heteroatoms. The second kappa shape index (κ2) is 13.7. The standard InChI is InChI=1S/C28H29FN6O6S2/c1-34(2)43(38,39)22-12-5-18(6-13-22)27(37)30-16-25-32-33-28(35(25)23-14-11-21(40-3)15-24(23)41-4)42-17-26(36)31-20-9-7-19(29)8-10-20/h5-15H,16-17H2,1-4H3,(H,30,37)(H,31,36). The monoisotopic (exact) mass is 628 g/mol. The smallest absolute Gasteiger partial charge is 0.251 e. The van der Waals surface area contributed by atoms with Crippen LogP contribution in [0.15, 0.2) is 76.8 Å². The summed E-state index contributed by atoms with van der Waals surface area (Å²) in [4.78, 5) is 25.6. The molecule has 12 nitrogen and oxygen atoms in total. The molecule has 0 saturated carbocycles. The van der Waals surface area contributed by atoms with Crippen molar-refractivity contribution in [3.05, 3.63) is 83.9 Å². The lowest BCUT2D eigenvalue weighted by Crippen LogP contribution is -2.25. The van der Waals surface area contributed by atoms with Gasteiger partial charge in [0.1, 0.15) is 17.3 Å². The molecule has 0 saturated heterocycles. The highest BCUT2D eigenvalue weighted by molar-refractivity contribution is 7.99. The van der Waals surface area contributed by atoms with Gasteiger partial charge in [0.25, 0.3) is 5.91 Å². The highest BCUT2D eigenvalue weighted by Gasteiger charge is 2.21. The third-order valence-corrected chi connectivity index (χ3v) is 8.85. The Kier molecular flexibility index (Phi) is 10.0. The highest BCUT2D eigenvalue weighted by atomic mass is 32.2. The predicted molar refractivity (Wildman–Crippen MR) is 159 cm³/mol. The van der Waals surface area contributed by atoms with Gasteiger partial charge in [0.05, 0.1) is 37.1 Å². The SMILES string of the molecule is COc1ccc(-n2c(CNC(=O)c3ccc(S(=O)(=O)N(C)C)cc3)nnc2SCC(=O)Nc2ccc(F)cc2)c(OC)c1. The summed E-state index contributed by atoms with van der Waals surface area (Å²) in [5, 5.41) is 14.3. The van der Waals surface area contributed by atoms with Crippen LogP contribution in [0.3, 0.4) is 0 Å². The first-order valence-corrected chi connectivity index (χ1v) is 15.1. The van der Waals surface area contributed by atoms with E-state index in [1.165, 1.54) is 76.8 Å². The first-order valence-electron chi connectivity index (χ1n) is 12.7. The number of hydrogen-bond acceptors (Lipinski definition) is 9. The summed E-state index contributed by atoms with van der Waals surface area (Å²) in [5.74, 6) is 0.0640. The molecule has 0 spiro atoms. The first-order chi connectivity index (χ1) is 20.5. The maximum atomic E-state index is 13.2. The number of hydrogen-bond donors (Lipinski definition) is 2. The third kappa shape index (κ3) is 7.49. The first kappa shape index (κ1) is 31.5. The molecule has 226 valence electrons. The van der Waals surface area contributed by atoms with E-state index in [0.717, 1.165) is 16.1 Å². The van der Waals surface area contributed by atoms with E-state index in [1.54, 1.807) is 22.8 Å². The van der Waals surface area contributed by atoms with Crippen molar-refractivity contribution in [3.63, 3.8) is 0 Å². The minimum absolute atomic E-state index is 0.0391. The zero-order valence-corrected chi connectivity index (χ0v) is 25.3. The second-order valence-electron chi connectivity index (χ2n) is 9.11. The van der Waals surface area contributed by atoms with Crippen LogP contribution in [-0.2, 0) is 21.4 Å². The Labute approximate surface area is 252 Å². The average molecular weight is 629 g/mol. The van der Waals surface area contributed by atoms with Gasteiger partial charge in [0.2, 0.25) is 15.9 Å². The number of ether oxygens (including phenoxy) is 2. The normalized spacial score (nSPS) is 11.3. The maximum Gasteiger partial charge on any atom is 0.251 e. The van der Waals surface area contributed by atoms with Gasteiger partial charge < -0.3 is 20.1 Å². The van der Waals surface area contributed by atoms with E-state index >= 15 is 0 Å². The Morgan fingerprint density at radius 3 is 2.30 bits per heavy atom. The van der Waals surface area contributed by atoms with Crippen molar-refractivity contribution < 1.29 is 31.9 Å². The molecule has 0 aliphatic carbocycles. The van der Waals surface area contributed by atoms with Crippen molar-refractivity contribution >= 4 is 39.3 Å². The Morgan fingerprint density at radius 2 is 1.67 bits per heavy atom. The minimum atomic E-state index is -3.64. The van der Waals surface area contributed by atoms with Crippen molar-refractivity contribution in [2.45, 2.75) is 16.6 Å². The van der Waals surface area contributed by atoms with Gasteiger partial charge in [-0.1, -0.05) is 11.8 Å². The fourth-order valence-electron chi connectivity index (χ4n) is 3.83. The largest absolute Gasteiger partial charge is 0.497 e. The number of anilines is 1. The fourth-order valence-corrected chi connectivity index (χ4v) is 5.50. The summed E-state index contributed by atoms with van der Waals surface area (Å²) in [6.45, 7) is -0.0545. The summed E-state index contributed by atoms with van der Waals surface area (Å²) >= 11 is 1.10. The van der Waals surface area contributed by atoms with Crippen molar-refractivity contribution in [1.29, 1.82) is 0 Å². The van der Waals surface area contributed by atoms with Crippen LogP contribution in [0.5, 0.6) is 11.5 Å². The molecule has 0 radical (unpaired) electrons. The molecule has 0 fully saturated rings. The molecule has 1 aromatic heterocycles. The van der Waals surface area contributed by atoms with Gasteiger partial charge in [-0.2, -0.15) is 0 Å². The van der Waals surface area contributed by atoms with Crippen LogP contribution in [-0.4, -0.2) is 73.4 Å². The number of carbonyl (C=O) groups is 2. The molecule has 0 bridgehead atoms. The van der Waals surface area contributed by atoms with Gasteiger partial charge in [-0.3, -0.25) is 14.2 Å². The molecule has 2 N–H and O–H groups in total. The van der Waals surface area contributed by atoms with E-state index in [9.17, 15) is 22.4 Å². The average Bonchev–Trinajstić information content (AvgIpc) is 3.41. The number of nitrogens with zero attached hydrogens (tertiary/aromatic N) is 4. The van der Waals surface area contributed by atoms with Crippen molar-refractivity contribution in [3.8, 4) is 17.2 Å². The van der Waals surface area contributed by atoms with E-state index in [4.69, 9.17) is 9.47 Å². The van der Waals surface area contributed by atoms with Crippen LogP contribution in [0, 0.1) is 5.82 Å². The van der Waals surface area contributed by atoms with Crippen LogP contribution >= 0.6 is 11.8 Å².